The number of rotatable bonds is 4. The SMILES string of the molecule is O=C(O)c1ccccc1N(c1ccccc1)c1ccccc1S. The lowest BCUT2D eigenvalue weighted by Crippen LogP contribution is -2.14. The van der Waals surface area contributed by atoms with Crippen LogP contribution in [0.5, 0.6) is 0 Å². The molecule has 0 aromatic heterocycles. The van der Waals surface area contributed by atoms with Crippen molar-refractivity contribution in [3.8, 4) is 0 Å². The van der Waals surface area contributed by atoms with Crippen molar-refractivity contribution in [2.24, 2.45) is 0 Å². The predicted molar refractivity (Wildman–Crippen MR) is 95.3 cm³/mol. The second-order valence-corrected chi connectivity index (χ2v) is 5.46. The molecule has 0 saturated heterocycles. The van der Waals surface area contributed by atoms with Gasteiger partial charge in [-0.25, -0.2) is 4.79 Å². The maximum atomic E-state index is 11.6. The summed E-state index contributed by atoms with van der Waals surface area (Å²) >= 11 is 4.53. The van der Waals surface area contributed by atoms with Gasteiger partial charge in [-0.05, 0) is 36.4 Å². The zero-order valence-corrected chi connectivity index (χ0v) is 13.1. The van der Waals surface area contributed by atoms with Gasteiger partial charge in [-0.2, -0.15) is 0 Å². The first-order valence-corrected chi connectivity index (χ1v) is 7.58. The highest BCUT2D eigenvalue weighted by molar-refractivity contribution is 7.80. The Morgan fingerprint density at radius 2 is 1.35 bits per heavy atom. The summed E-state index contributed by atoms with van der Waals surface area (Å²) in [4.78, 5) is 14.3. The number of carboxylic acids is 1. The Hall–Kier alpha value is -2.72. The number of nitrogens with zero attached hydrogens (tertiary/aromatic N) is 1. The monoisotopic (exact) mass is 321 g/mol. The van der Waals surface area contributed by atoms with E-state index in [0.29, 0.717) is 5.69 Å². The third kappa shape index (κ3) is 3.07. The fourth-order valence-electron chi connectivity index (χ4n) is 2.49. The molecule has 3 aromatic carbocycles. The van der Waals surface area contributed by atoms with Crippen LogP contribution in [0.25, 0.3) is 0 Å². The van der Waals surface area contributed by atoms with E-state index in [2.05, 4.69) is 12.6 Å². The van der Waals surface area contributed by atoms with Crippen molar-refractivity contribution in [3.05, 3.63) is 84.4 Å². The van der Waals surface area contributed by atoms with Gasteiger partial charge in [-0.1, -0.05) is 42.5 Å². The van der Waals surface area contributed by atoms with Crippen LogP contribution in [0.2, 0.25) is 0 Å². The fraction of sp³-hybridized carbons (Fsp3) is 0. The van der Waals surface area contributed by atoms with Crippen LogP contribution in [0.3, 0.4) is 0 Å². The van der Waals surface area contributed by atoms with E-state index < -0.39 is 5.97 Å². The van der Waals surface area contributed by atoms with Crippen LogP contribution in [0.15, 0.2) is 83.8 Å². The smallest absolute Gasteiger partial charge is 0.337 e. The summed E-state index contributed by atoms with van der Waals surface area (Å²) in [6.07, 6.45) is 0. The molecule has 114 valence electrons. The molecule has 3 rings (SSSR count). The van der Waals surface area contributed by atoms with Crippen LogP contribution in [0, 0.1) is 0 Å². The maximum absolute atomic E-state index is 11.6. The van der Waals surface area contributed by atoms with Gasteiger partial charge >= 0.3 is 5.97 Å². The van der Waals surface area contributed by atoms with Crippen molar-refractivity contribution in [1.29, 1.82) is 0 Å². The van der Waals surface area contributed by atoms with Gasteiger partial charge in [0, 0.05) is 10.6 Å². The summed E-state index contributed by atoms with van der Waals surface area (Å²) in [6.45, 7) is 0. The highest BCUT2D eigenvalue weighted by Crippen LogP contribution is 2.39. The molecule has 3 nitrogen and oxygen atoms in total. The van der Waals surface area contributed by atoms with Crippen molar-refractivity contribution in [2.75, 3.05) is 4.90 Å². The number of carboxylic acid groups (broad SMARTS) is 1. The number of benzene rings is 3. The first-order chi connectivity index (χ1) is 11.2. The van der Waals surface area contributed by atoms with Crippen LogP contribution in [0.4, 0.5) is 17.1 Å². The molecule has 4 heteroatoms. The highest BCUT2D eigenvalue weighted by atomic mass is 32.1. The molecule has 0 spiro atoms. The van der Waals surface area contributed by atoms with Gasteiger partial charge in [-0.15, -0.1) is 12.6 Å². The number of carbonyl (C=O) groups is 1. The highest BCUT2D eigenvalue weighted by Gasteiger charge is 2.19. The number of aromatic carboxylic acids is 1. The van der Waals surface area contributed by atoms with E-state index in [1.165, 1.54) is 0 Å². The van der Waals surface area contributed by atoms with E-state index in [9.17, 15) is 9.90 Å². The van der Waals surface area contributed by atoms with Gasteiger partial charge in [0.1, 0.15) is 0 Å². The third-order valence-electron chi connectivity index (χ3n) is 3.51. The normalized spacial score (nSPS) is 10.3. The van der Waals surface area contributed by atoms with Crippen LogP contribution in [-0.4, -0.2) is 11.1 Å². The minimum atomic E-state index is -0.960. The molecule has 0 aliphatic heterocycles. The molecule has 0 fully saturated rings. The standard InChI is InChI=1S/C19H15NO2S/c21-19(22)15-10-4-5-11-16(15)20(14-8-2-1-3-9-14)17-12-6-7-13-18(17)23/h1-13,23H,(H,21,22). The molecule has 23 heavy (non-hydrogen) atoms. The molecule has 1 N–H and O–H groups in total. The third-order valence-corrected chi connectivity index (χ3v) is 3.89. The van der Waals surface area contributed by atoms with Gasteiger partial charge in [0.2, 0.25) is 0 Å². The molecule has 3 aromatic rings. The van der Waals surface area contributed by atoms with Crippen LogP contribution in [-0.2, 0) is 0 Å². The van der Waals surface area contributed by atoms with Crippen molar-refractivity contribution in [1.82, 2.24) is 0 Å². The fourth-order valence-corrected chi connectivity index (χ4v) is 2.75. The average molecular weight is 321 g/mol. The van der Waals surface area contributed by atoms with Crippen molar-refractivity contribution >= 4 is 35.7 Å². The molecule has 0 bridgehead atoms. The molecule has 0 aliphatic rings. The maximum Gasteiger partial charge on any atom is 0.337 e. The molecule has 0 amide bonds. The molecule has 0 saturated carbocycles. The van der Waals surface area contributed by atoms with E-state index in [0.717, 1.165) is 16.3 Å². The summed E-state index contributed by atoms with van der Waals surface area (Å²) in [5.74, 6) is -0.960. The second kappa shape index (κ2) is 6.58. The summed E-state index contributed by atoms with van der Waals surface area (Å²) in [5, 5.41) is 9.53. The van der Waals surface area contributed by atoms with E-state index in [1.807, 2.05) is 65.6 Å². The molecule has 0 heterocycles. The van der Waals surface area contributed by atoms with E-state index in [1.54, 1.807) is 18.2 Å². The zero-order valence-electron chi connectivity index (χ0n) is 12.3. The lowest BCUT2D eigenvalue weighted by atomic mass is 10.1. The zero-order chi connectivity index (χ0) is 16.2. The lowest BCUT2D eigenvalue weighted by molar-refractivity contribution is 0.0698. The molecule has 0 unspecified atom stereocenters. The molecule has 0 radical (unpaired) electrons. The van der Waals surface area contributed by atoms with E-state index >= 15 is 0 Å². The van der Waals surface area contributed by atoms with Crippen LogP contribution < -0.4 is 4.90 Å². The number of hydrogen-bond acceptors (Lipinski definition) is 3. The predicted octanol–water partition coefficient (Wildman–Crippen LogP) is 5.14. The lowest BCUT2D eigenvalue weighted by Gasteiger charge is -2.27. The summed E-state index contributed by atoms with van der Waals surface area (Å²) in [7, 11) is 0. The summed E-state index contributed by atoms with van der Waals surface area (Å²) in [6, 6.07) is 24.2. The Labute approximate surface area is 140 Å². The summed E-state index contributed by atoms with van der Waals surface area (Å²) in [5.41, 5.74) is 2.55. The van der Waals surface area contributed by atoms with Crippen LogP contribution >= 0.6 is 12.6 Å². The van der Waals surface area contributed by atoms with Gasteiger partial charge in [0.25, 0.3) is 0 Å². The van der Waals surface area contributed by atoms with Gasteiger partial charge in [-0.3, -0.25) is 0 Å². The van der Waals surface area contributed by atoms with Crippen molar-refractivity contribution in [3.63, 3.8) is 0 Å². The number of anilines is 3. The van der Waals surface area contributed by atoms with E-state index in [-0.39, 0.29) is 5.56 Å². The Morgan fingerprint density at radius 3 is 2.00 bits per heavy atom. The van der Waals surface area contributed by atoms with Crippen molar-refractivity contribution < 1.29 is 9.90 Å². The second-order valence-electron chi connectivity index (χ2n) is 4.98. The Bertz CT molecular complexity index is 834. The van der Waals surface area contributed by atoms with E-state index in [4.69, 9.17) is 0 Å². The minimum absolute atomic E-state index is 0.243. The van der Waals surface area contributed by atoms with Gasteiger partial charge < -0.3 is 10.0 Å². The molecular formula is C19H15NO2S. The largest absolute Gasteiger partial charge is 0.478 e. The number of para-hydroxylation sites is 3. The molecule has 0 aliphatic carbocycles. The van der Waals surface area contributed by atoms with Crippen molar-refractivity contribution in [2.45, 2.75) is 4.90 Å². The Balaban J connectivity index is 2.26. The minimum Gasteiger partial charge on any atom is -0.478 e. The quantitative estimate of drug-likeness (QED) is 0.653. The topological polar surface area (TPSA) is 40.5 Å². The first kappa shape index (κ1) is 15.2. The van der Waals surface area contributed by atoms with Gasteiger partial charge in [0.15, 0.2) is 0 Å². The molecular weight excluding hydrogens is 306 g/mol. The van der Waals surface area contributed by atoms with Crippen LogP contribution in [0.1, 0.15) is 10.4 Å². The average Bonchev–Trinajstić information content (AvgIpc) is 2.58. The Morgan fingerprint density at radius 1 is 0.783 bits per heavy atom. The number of hydrogen-bond donors (Lipinski definition) is 2. The van der Waals surface area contributed by atoms with Gasteiger partial charge in [0.05, 0.1) is 16.9 Å². The summed E-state index contributed by atoms with van der Waals surface area (Å²) < 4.78 is 0. The number of thiol groups is 1. The first-order valence-electron chi connectivity index (χ1n) is 7.14. The molecule has 0 atom stereocenters. The Kier molecular flexibility index (Phi) is 4.35.